The molecule has 1 saturated carbocycles. The molecule has 0 saturated heterocycles. The van der Waals surface area contributed by atoms with Crippen molar-refractivity contribution in [2.75, 3.05) is 12.3 Å². The molecule has 0 unspecified atom stereocenters. The minimum absolute atomic E-state index is 0.767. The maximum Gasteiger partial charge on any atom is 0.119 e. The van der Waals surface area contributed by atoms with Crippen LogP contribution in [0.25, 0.3) is 0 Å². The summed E-state index contributed by atoms with van der Waals surface area (Å²) in [6.07, 6.45) is 5.39. The van der Waals surface area contributed by atoms with Gasteiger partial charge >= 0.3 is 0 Å². The Morgan fingerprint density at radius 3 is 2.73 bits per heavy atom. The van der Waals surface area contributed by atoms with Gasteiger partial charge in [-0.05, 0) is 49.4 Å². The van der Waals surface area contributed by atoms with Crippen LogP contribution in [-0.4, -0.2) is 6.61 Å². The molecule has 0 aromatic heterocycles. The van der Waals surface area contributed by atoms with Gasteiger partial charge in [0.05, 0.1) is 6.61 Å². The van der Waals surface area contributed by atoms with Crippen LogP contribution in [0.4, 0.5) is 5.69 Å². The van der Waals surface area contributed by atoms with E-state index in [1.807, 2.05) is 25.1 Å². The zero-order chi connectivity index (χ0) is 10.7. The molecule has 0 amide bonds. The molecule has 0 bridgehead atoms. The van der Waals surface area contributed by atoms with E-state index in [-0.39, 0.29) is 0 Å². The van der Waals surface area contributed by atoms with Gasteiger partial charge in [0, 0.05) is 5.69 Å². The average Bonchev–Trinajstić information content (AvgIpc) is 2.73. The zero-order valence-corrected chi connectivity index (χ0v) is 9.33. The number of benzene rings is 1. The van der Waals surface area contributed by atoms with Gasteiger partial charge < -0.3 is 10.5 Å². The fourth-order valence-corrected chi connectivity index (χ4v) is 2.13. The van der Waals surface area contributed by atoms with Gasteiger partial charge in [-0.2, -0.15) is 0 Å². The number of aryl methyl sites for hydroxylation is 1. The molecule has 0 radical (unpaired) electrons. The Labute approximate surface area is 91.4 Å². The number of nitrogen functional groups attached to an aromatic ring is 1. The van der Waals surface area contributed by atoms with Crippen molar-refractivity contribution in [2.24, 2.45) is 5.92 Å². The van der Waals surface area contributed by atoms with Crippen molar-refractivity contribution in [2.45, 2.75) is 32.6 Å². The third-order valence-corrected chi connectivity index (χ3v) is 3.20. The fraction of sp³-hybridized carbons (Fsp3) is 0.538. The molecule has 2 heteroatoms. The Kier molecular flexibility index (Phi) is 3.14. The van der Waals surface area contributed by atoms with Crippen molar-refractivity contribution in [3.05, 3.63) is 23.8 Å². The van der Waals surface area contributed by atoms with E-state index < -0.39 is 0 Å². The molecule has 2 nitrogen and oxygen atoms in total. The quantitative estimate of drug-likeness (QED) is 0.769. The van der Waals surface area contributed by atoms with E-state index in [0.717, 1.165) is 29.5 Å². The molecule has 82 valence electrons. The average molecular weight is 205 g/mol. The summed E-state index contributed by atoms with van der Waals surface area (Å²) in [5.41, 5.74) is 7.68. The van der Waals surface area contributed by atoms with Crippen LogP contribution in [0.15, 0.2) is 18.2 Å². The first kappa shape index (κ1) is 10.3. The normalized spacial score (nSPS) is 16.9. The Morgan fingerprint density at radius 1 is 1.33 bits per heavy atom. The van der Waals surface area contributed by atoms with Crippen molar-refractivity contribution < 1.29 is 4.74 Å². The fourth-order valence-electron chi connectivity index (χ4n) is 2.13. The molecule has 0 heterocycles. The van der Waals surface area contributed by atoms with Crippen LogP contribution in [0.5, 0.6) is 5.75 Å². The van der Waals surface area contributed by atoms with E-state index in [1.54, 1.807) is 0 Å². The van der Waals surface area contributed by atoms with Crippen LogP contribution in [0.1, 0.15) is 31.2 Å². The molecule has 1 aliphatic carbocycles. The minimum Gasteiger partial charge on any atom is -0.493 e. The highest BCUT2D eigenvalue weighted by Crippen LogP contribution is 2.26. The Bertz CT molecular complexity index is 329. The largest absolute Gasteiger partial charge is 0.493 e. The molecule has 0 spiro atoms. The summed E-state index contributed by atoms with van der Waals surface area (Å²) in [6.45, 7) is 2.88. The monoisotopic (exact) mass is 205 g/mol. The number of hydrogen-bond donors (Lipinski definition) is 1. The van der Waals surface area contributed by atoms with E-state index in [2.05, 4.69) is 0 Å². The molecule has 2 rings (SSSR count). The van der Waals surface area contributed by atoms with Crippen molar-refractivity contribution in [1.82, 2.24) is 0 Å². The second-order valence-electron chi connectivity index (χ2n) is 4.48. The predicted octanol–water partition coefficient (Wildman–Crippen LogP) is 3.15. The van der Waals surface area contributed by atoms with Crippen molar-refractivity contribution >= 4 is 5.69 Å². The van der Waals surface area contributed by atoms with Crippen LogP contribution in [0.3, 0.4) is 0 Å². The topological polar surface area (TPSA) is 35.2 Å². The van der Waals surface area contributed by atoms with E-state index in [9.17, 15) is 0 Å². The molecular formula is C13H19NO. The summed E-state index contributed by atoms with van der Waals surface area (Å²) in [5, 5.41) is 0. The molecule has 1 fully saturated rings. The number of hydrogen-bond acceptors (Lipinski definition) is 2. The van der Waals surface area contributed by atoms with Gasteiger partial charge in [0.25, 0.3) is 0 Å². The van der Waals surface area contributed by atoms with Crippen molar-refractivity contribution in [3.63, 3.8) is 0 Å². The maximum atomic E-state index is 5.77. The first-order chi connectivity index (χ1) is 7.25. The van der Waals surface area contributed by atoms with Crippen LogP contribution < -0.4 is 10.5 Å². The van der Waals surface area contributed by atoms with Crippen LogP contribution in [0, 0.1) is 12.8 Å². The highest BCUT2D eigenvalue weighted by Gasteiger charge is 2.15. The number of anilines is 1. The molecule has 2 N–H and O–H groups in total. The number of ether oxygens (including phenoxy) is 1. The molecule has 1 aliphatic rings. The summed E-state index contributed by atoms with van der Waals surface area (Å²) in [5.74, 6) is 1.72. The standard InChI is InChI=1S/C13H19NO/c1-10-8-12(6-7-13(10)14)15-9-11-4-2-3-5-11/h6-8,11H,2-5,9,14H2,1H3. The highest BCUT2D eigenvalue weighted by molar-refractivity contribution is 5.49. The summed E-state index contributed by atoms with van der Waals surface area (Å²) >= 11 is 0. The van der Waals surface area contributed by atoms with Gasteiger partial charge in [0.1, 0.15) is 5.75 Å². The smallest absolute Gasteiger partial charge is 0.119 e. The van der Waals surface area contributed by atoms with Crippen LogP contribution in [0.2, 0.25) is 0 Å². The predicted molar refractivity (Wildman–Crippen MR) is 63.0 cm³/mol. The van der Waals surface area contributed by atoms with E-state index in [4.69, 9.17) is 10.5 Å². The molecule has 1 aromatic carbocycles. The third-order valence-electron chi connectivity index (χ3n) is 3.20. The van der Waals surface area contributed by atoms with Gasteiger partial charge in [-0.1, -0.05) is 12.8 Å². The van der Waals surface area contributed by atoms with Crippen molar-refractivity contribution in [3.8, 4) is 5.75 Å². The summed E-state index contributed by atoms with van der Waals surface area (Å²) in [7, 11) is 0. The summed E-state index contributed by atoms with van der Waals surface area (Å²) in [4.78, 5) is 0. The Morgan fingerprint density at radius 2 is 2.07 bits per heavy atom. The van der Waals surface area contributed by atoms with Gasteiger partial charge in [-0.3, -0.25) is 0 Å². The lowest BCUT2D eigenvalue weighted by Crippen LogP contribution is -2.08. The second kappa shape index (κ2) is 4.56. The van der Waals surface area contributed by atoms with Gasteiger partial charge in [0.2, 0.25) is 0 Å². The molecule has 1 aromatic rings. The van der Waals surface area contributed by atoms with E-state index in [0.29, 0.717) is 0 Å². The Balaban J connectivity index is 1.90. The van der Waals surface area contributed by atoms with Crippen LogP contribution >= 0.6 is 0 Å². The van der Waals surface area contributed by atoms with Crippen molar-refractivity contribution in [1.29, 1.82) is 0 Å². The molecule has 0 aliphatic heterocycles. The SMILES string of the molecule is Cc1cc(OCC2CCCC2)ccc1N. The minimum atomic E-state index is 0.767. The first-order valence-corrected chi connectivity index (χ1v) is 5.74. The van der Waals surface area contributed by atoms with E-state index >= 15 is 0 Å². The number of nitrogens with two attached hydrogens (primary N) is 1. The molecule has 15 heavy (non-hydrogen) atoms. The van der Waals surface area contributed by atoms with Gasteiger partial charge in [0.15, 0.2) is 0 Å². The second-order valence-corrected chi connectivity index (χ2v) is 4.48. The summed E-state index contributed by atoms with van der Waals surface area (Å²) < 4.78 is 5.77. The lowest BCUT2D eigenvalue weighted by atomic mass is 10.1. The lowest BCUT2D eigenvalue weighted by molar-refractivity contribution is 0.252. The molecular weight excluding hydrogens is 186 g/mol. The van der Waals surface area contributed by atoms with Crippen LogP contribution in [-0.2, 0) is 0 Å². The lowest BCUT2D eigenvalue weighted by Gasteiger charge is -2.12. The van der Waals surface area contributed by atoms with Gasteiger partial charge in [-0.15, -0.1) is 0 Å². The third kappa shape index (κ3) is 2.65. The maximum absolute atomic E-state index is 5.77. The van der Waals surface area contributed by atoms with E-state index in [1.165, 1.54) is 25.7 Å². The number of rotatable bonds is 3. The highest BCUT2D eigenvalue weighted by atomic mass is 16.5. The zero-order valence-electron chi connectivity index (χ0n) is 9.33. The first-order valence-electron chi connectivity index (χ1n) is 5.74. The summed E-state index contributed by atoms with van der Waals surface area (Å²) in [6, 6.07) is 5.89. The van der Waals surface area contributed by atoms with Gasteiger partial charge in [-0.25, -0.2) is 0 Å². The molecule has 0 atom stereocenters. The Hall–Kier alpha value is -1.18.